The van der Waals surface area contributed by atoms with Crippen LogP contribution in [0.5, 0.6) is 0 Å². The van der Waals surface area contributed by atoms with Crippen LogP contribution in [0.15, 0.2) is 48.9 Å². The highest BCUT2D eigenvalue weighted by molar-refractivity contribution is 6.01. The van der Waals surface area contributed by atoms with Crippen LogP contribution in [-0.4, -0.2) is 37.7 Å². The molecule has 9 nitrogen and oxygen atoms in total. The van der Waals surface area contributed by atoms with Crippen LogP contribution in [0.3, 0.4) is 0 Å². The number of carbonyl (C=O) groups excluding carboxylic acids is 2. The van der Waals surface area contributed by atoms with E-state index in [-0.39, 0.29) is 17.2 Å². The molecule has 1 saturated carbocycles. The quantitative estimate of drug-likeness (QED) is 0.343. The Morgan fingerprint density at radius 2 is 1.95 bits per heavy atom. The smallest absolute Gasteiger partial charge is 0.252 e. The van der Waals surface area contributed by atoms with Gasteiger partial charge in [0.05, 0.1) is 23.3 Å². The van der Waals surface area contributed by atoms with Gasteiger partial charge in [-0.1, -0.05) is 25.7 Å². The second-order valence-electron chi connectivity index (χ2n) is 10.1. The minimum Gasteiger partial charge on any atom is -0.384 e. The van der Waals surface area contributed by atoms with Crippen molar-refractivity contribution in [2.24, 2.45) is 13.0 Å². The van der Waals surface area contributed by atoms with E-state index < -0.39 is 23.4 Å². The Morgan fingerprint density at radius 1 is 1.19 bits per heavy atom. The number of hydrogen-bond donors (Lipinski definition) is 4. The summed E-state index contributed by atoms with van der Waals surface area (Å²) in [6, 6.07) is 6.51. The third-order valence-electron chi connectivity index (χ3n) is 6.53. The summed E-state index contributed by atoms with van der Waals surface area (Å²) >= 11 is 0. The van der Waals surface area contributed by atoms with Crippen molar-refractivity contribution in [3.63, 3.8) is 0 Å². The first kappa shape index (κ1) is 26.3. The van der Waals surface area contributed by atoms with E-state index >= 15 is 0 Å². The van der Waals surface area contributed by atoms with Crippen molar-refractivity contribution in [1.82, 2.24) is 20.1 Å². The van der Waals surface area contributed by atoms with Gasteiger partial charge >= 0.3 is 0 Å². The molecule has 1 aliphatic carbocycles. The fourth-order valence-corrected chi connectivity index (χ4v) is 4.53. The summed E-state index contributed by atoms with van der Waals surface area (Å²) in [5.74, 6) is -0.981. The van der Waals surface area contributed by atoms with Crippen LogP contribution in [0.2, 0.25) is 0 Å². The molecule has 196 valence electrons. The van der Waals surface area contributed by atoms with Crippen molar-refractivity contribution in [3.05, 3.63) is 66.0 Å². The molecule has 2 heterocycles. The number of benzene rings is 1. The van der Waals surface area contributed by atoms with E-state index in [9.17, 15) is 19.1 Å². The van der Waals surface area contributed by atoms with E-state index in [1.54, 1.807) is 50.1 Å². The maximum Gasteiger partial charge on any atom is 0.252 e. The summed E-state index contributed by atoms with van der Waals surface area (Å²) in [5, 5.41) is 22.9. The number of nitrogens with one attached hydrogen (secondary N) is 3. The van der Waals surface area contributed by atoms with Crippen molar-refractivity contribution in [3.8, 4) is 0 Å². The minimum atomic E-state index is -1.16. The zero-order valence-electron chi connectivity index (χ0n) is 21.3. The Labute approximate surface area is 215 Å². The van der Waals surface area contributed by atoms with E-state index in [4.69, 9.17) is 0 Å². The van der Waals surface area contributed by atoms with Gasteiger partial charge < -0.3 is 21.1 Å². The first-order valence-corrected chi connectivity index (χ1v) is 12.4. The molecule has 2 amide bonds. The fraction of sp³-hybridized carbons (Fsp3) is 0.407. The lowest BCUT2D eigenvalue weighted by atomic mass is 9.97. The molecule has 3 aromatic rings. The first-order chi connectivity index (χ1) is 17.6. The second-order valence-corrected chi connectivity index (χ2v) is 10.1. The largest absolute Gasteiger partial charge is 0.384 e. The SMILES string of the molecule is Cn1cc(NC(=O)[C@H](CC2CCCC2)NC(=O)c2ccc(F)c(Nc3ccnc(C(C)(C)O)c3)c2)cn1. The van der Waals surface area contributed by atoms with Crippen molar-refractivity contribution in [2.75, 3.05) is 10.6 Å². The number of hydrogen-bond acceptors (Lipinski definition) is 6. The average molecular weight is 509 g/mol. The Morgan fingerprint density at radius 3 is 2.62 bits per heavy atom. The van der Waals surface area contributed by atoms with Crippen molar-refractivity contribution >= 4 is 28.9 Å². The van der Waals surface area contributed by atoms with Gasteiger partial charge in [0, 0.05) is 30.7 Å². The Kier molecular flexibility index (Phi) is 7.87. The predicted octanol–water partition coefficient (Wildman–Crippen LogP) is 4.24. The molecule has 0 bridgehead atoms. The van der Waals surface area contributed by atoms with Gasteiger partial charge in [-0.25, -0.2) is 4.39 Å². The highest BCUT2D eigenvalue weighted by Crippen LogP contribution is 2.29. The number of anilines is 3. The van der Waals surface area contributed by atoms with Gasteiger partial charge in [-0.15, -0.1) is 0 Å². The molecular weight excluding hydrogens is 475 g/mol. The molecule has 37 heavy (non-hydrogen) atoms. The van der Waals surface area contributed by atoms with Crippen molar-refractivity contribution < 1.29 is 19.1 Å². The molecule has 2 aromatic heterocycles. The van der Waals surface area contributed by atoms with Crippen LogP contribution in [0.1, 0.15) is 62.0 Å². The number of carbonyl (C=O) groups is 2. The topological polar surface area (TPSA) is 121 Å². The number of aryl methyl sites for hydroxylation is 1. The number of aliphatic hydroxyl groups is 1. The number of amides is 2. The van der Waals surface area contributed by atoms with Gasteiger partial charge in [0.25, 0.3) is 5.91 Å². The fourth-order valence-electron chi connectivity index (χ4n) is 4.53. The molecule has 1 fully saturated rings. The number of nitrogens with zero attached hydrogens (tertiary/aromatic N) is 3. The highest BCUT2D eigenvalue weighted by Gasteiger charge is 2.27. The van der Waals surface area contributed by atoms with Crippen molar-refractivity contribution in [1.29, 1.82) is 0 Å². The van der Waals surface area contributed by atoms with Gasteiger partial charge in [0.15, 0.2) is 0 Å². The molecule has 4 N–H and O–H groups in total. The summed E-state index contributed by atoms with van der Waals surface area (Å²) in [5.41, 5.74) is 0.621. The molecule has 0 spiro atoms. The number of halogens is 1. The van der Waals surface area contributed by atoms with E-state index in [1.165, 1.54) is 24.4 Å². The van der Waals surface area contributed by atoms with E-state index in [1.807, 2.05) is 0 Å². The summed E-state index contributed by atoms with van der Waals surface area (Å²) in [6.07, 6.45) is 9.56. The maximum absolute atomic E-state index is 14.6. The Hall–Kier alpha value is -3.79. The van der Waals surface area contributed by atoms with Crippen LogP contribution in [0, 0.1) is 11.7 Å². The predicted molar refractivity (Wildman–Crippen MR) is 139 cm³/mol. The van der Waals surface area contributed by atoms with Gasteiger partial charge in [-0.2, -0.15) is 5.10 Å². The van der Waals surface area contributed by atoms with E-state index in [0.717, 1.165) is 25.7 Å². The van der Waals surface area contributed by atoms with E-state index in [0.29, 0.717) is 29.4 Å². The Balaban J connectivity index is 1.51. The summed E-state index contributed by atoms with van der Waals surface area (Å²) in [6.45, 7) is 3.22. The van der Waals surface area contributed by atoms with Crippen LogP contribution < -0.4 is 16.0 Å². The number of aromatic nitrogens is 3. The Bertz CT molecular complexity index is 1260. The maximum atomic E-state index is 14.6. The molecular formula is C27H33FN6O3. The monoisotopic (exact) mass is 508 g/mol. The van der Waals surface area contributed by atoms with Gasteiger partial charge in [0.1, 0.15) is 17.5 Å². The summed E-state index contributed by atoms with van der Waals surface area (Å²) < 4.78 is 16.2. The molecule has 0 aliphatic heterocycles. The molecule has 4 rings (SSSR count). The zero-order chi connectivity index (χ0) is 26.6. The molecule has 1 aliphatic rings. The molecule has 0 unspecified atom stereocenters. The molecule has 0 radical (unpaired) electrons. The number of pyridine rings is 1. The zero-order valence-corrected chi connectivity index (χ0v) is 21.3. The molecule has 1 aromatic carbocycles. The normalized spacial score (nSPS) is 14.8. The lowest BCUT2D eigenvalue weighted by Gasteiger charge is -2.21. The average Bonchev–Trinajstić information content (AvgIpc) is 3.51. The van der Waals surface area contributed by atoms with Crippen molar-refractivity contribution in [2.45, 2.75) is 57.6 Å². The highest BCUT2D eigenvalue weighted by atomic mass is 19.1. The summed E-state index contributed by atoms with van der Waals surface area (Å²) in [4.78, 5) is 30.4. The van der Waals surface area contributed by atoms with E-state index in [2.05, 4.69) is 26.0 Å². The first-order valence-electron chi connectivity index (χ1n) is 12.4. The molecule has 0 saturated heterocycles. The standard InChI is InChI=1S/C27H33FN6O3/c1-27(2,37)24-14-19(10-11-29-24)31-22-13-18(8-9-21(22)28)25(35)33-23(12-17-6-4-5-7-17)26(36)32-20-15-30-34(3)16-20/h8-11,13-17,23,37H,4-7,12H2,1-3H3,(H,29,31)(H,32,36)(H,33,35)/t23-/m0/s1. The van der Waals surface area contributed by atoms with Crippen LogP contribution >= 0.6 is 0 Å². The second kappa shape index (κ2) is 11.1. The van der Waals surface area contributed by atoms with Crippen LogP contribution in [0.4, 0.5) is 21.5 Å². The third-order valence-corrected chi connectivity index (χ3v) is 6.53. The minimum absolute atomic E-state index is 0.0905. The number of rotatable bonds is 9. The van der Waals surface area contributed by atoms with Gasteiger partial charge in [-0.3, -0.25) is 19.3 Å². The third kappa shape index (κ3) is 6.91. The van der Waals surface area contributed by atoms with Gasteiger partial charge in [0.2, 0.25) is 5.91 Å². The molecule has 10 heteroatoms. The summed E-state index contributed by atoms with van der Waals surface area (Å²) in [7, 11) is 1.75. The van der Waals surface area contributed by atoms with Gasteiger partial charge in [-0.05, 0) is 56.5 Å². The van der Waals surface area contributed by atoms with Crippen LogP contribution in [-0.2, 0) is 17.4 Å². The lowest BCUT2D eigenvalue weighted by molar-refractivity contribution is -0.118. The molecule has 1 atom stereocenters. The lowest BCUT2D eigenvalue weighted by Crippen LogP contribution is -2.44. The van der Waals surface area contributed by atoms with Crippen LogP contribution in [0.25, 0.3) is 0 Å².